The van der Waals surface area contributed by atoms with Crippen molar-refractivity contribution in [1.82, 2.24) is 4.98 Å². The third-order valence-electron chi connectivity index (χ3n) is 4.09. The molecule has 3 nitrogen and oxygen atoms in total. The smallest absolute Gasteiger partial charge is 0.138 e. The van der Waals surface area contributed by atoms with Gasteiger partial charge in [0.05, 0.1) is 12.7 Å². The summed E-state index contributed by atoms with van der Waals surface area (Å²) < 4.78 is 20.6. The van der Waals surface area contributed by atoms with Crippen LogP contribution < -0.4 is 10.1 Å². The monoisotopic (exact) mass is 442 g/mol. The second-order valence-corrected chi connectivity index (χ2v) is 6.32. The van der Waals surface area contributed by atoms with E-state index in [4.69, 9.17) is 16.3 Å². The van der Waals surface area contributed by atoms with Crippen molar-refractivity contribution in [3.8, 4) is 16.9 Å². The SMILES string of the molecule is CCNc1ccc(Cc2ccc(OC)c(-c3cccc(Cl)c3)c2F)cn1.Cl.Cl. The number of hydrogen-bond acceptors (Lipinski definition) is 3. The molecule has 0 radical (unpaired) electrons. The van der Waals surface area contributed by atoms with Gasteiger partial charge in [0.1, 0.15) is 17.4 Å². The van der Waals surface area contributed by atoms with E-state index >= 15 is 4.39 Å². The number of nitrogens with zero attached hydrogens (tertiary/aromatic N) is 1. The van der Waals surface area contributed by atoms with Crippen LogP contribution in [-0.2, 0) is 6.42 Å². The van der Waals surface area contributed by atoms with Crippen molar-refractivity contribution < 1.29 is 9.13 Å². The van der Waals surface area contributed by atoms with Crippen LogP contribution in [0.2, 0.25) is 5.02 Å². The molecule has 1 heterocycles. The van der Waals surface area contributed by atoms with Gasteiger partial charge in [-0.05, 0) is 47.9 Å². The number of hydrogen-bond donors (Lipinski definition) is 1. The maximum atomic E-state index is 15.3. The highest BCUT2D eigenvalue weighted by Gasteiger charge is 2.16. The van der Waals surface area contributed by atoms with Gasteiger partial charge < -0.3 is 10.1 Å². The molecule has 3 aromatic rings. The minimum atomic E-state index is -0.303. The van der Waals surface area contributed by atoms with Crippen molar-refractivity contribution in [1.29, 1.82) is 0 Å². The summed E-state index contributed by atoms with van der Waals surface area (Å²) in [4.78, 5) is 4.34. The van der Waals surface area contributed by atoms with Crippen molar-refractivity contribution in [2.24, 2.45) is 0 Å². The topological polar surface area (TPSA) is 34.1 Å². The zero-order chi connectivity index (χ0) is 18.5. The number of anilines is 1. The first kappa shape index (κ1) is 24.0. The third kappa shape index (κ3) is 5.51. The van der Waals surface area contributed by atoms with E-state index in [1.165, 1.54) is 7.11 Å². The Hall–Kier alpha value is -2.01. The maximum Gasteiger partial charge on any atom is 0.138 e. The summed E-state index contributed by atoms with van der Waals surface area (Å²) in [5, 5.41) is 3.70. The molecule has 0 fully saturated rings. The Morgan fingerprint density at radius 3 is 2.50 bits per heavy atom. The summed E-state index contributed by atoms with van der Waals surface area (Å²) in [6, 6.07) is 14.5. The molecule has 0 spiro atoms. The van der Waals surface area contributed by atoms with Crippen LogP contribution in [0, 0.1) is 5.82 Å². The van der Waals surface area contributed by atoms with Crippen LogP contribution in [0.1, 0.15) is 18.1 Å². The van der Waals surface area contributed by atoms with Crippen LogP contribution >= 0.6 is 36.4 Å². The normalized spacial score (nSPS) is 9.86. The van der Waals surface area contributed by atoms with Gasteiger partial charge in [0, 0.05) is 24.2 Å². The average Bonchev–Trinajstić information content (AvgIpc) is 2.65. The molecule has 1 aromatic heterocycles. The molecule has 0 aliphatic rings. The number of benzene rings is 2. The van der Waals surface area contributed by atoms with Gasteiger partial charge in [0.15, 0.2) is 0 Å². The number of aromatic nitrogens is 1. The number of nitrogens with one attached hydrogen (secondary N) is 1. The van der Waals surface area contributed by atoms with E-state index in [0.717, 1.165) is 17.9 Å². The Kier molecular flexibility index (Phi) is 9.53. The van der Waals surface area contributed by atoms with Crippen molar-refractivity contribution in [2.45, 2.75) is 13.3 Å². The molecule has 0 saturated carbocycles. The number of halogens is 4. The first-order valence-corrected chi connectivity index (χ1v) is 8.80. The van der Waals surface area contributed by atoms with Crippen LogP contribution in [0.4, 0.5) is 10.2 Å². The number of rotatable bonds is 6. The summed E-state index contributed by atoms with van der Waals surface area (Å²) in [5.41, 5.74) is 2.63. The molecule has 7 heteroatoms. The van der Waals surface area contributed by atoms with Crippen LogP contribution in [0.5, 0.6) is 5.75 Å². The average molecular weight is 444 g/mol. The standard InChI is InChI=1S/C21H20ClFN2O.2ClH/c1-3-24-19-10-7-14(13-25-19)11-16-8-9-18(26-2)20(21(16)23)15-5-4-6-17(22)12-15;;/h4-10,12-13H,3,11H2,1-2H3,(H,24,25);2*1H. The lowest BCUT2D eigenvalue weighted by Gasteiger charge is -2.14. The van der Waals surface area contributed by atoms with Gasteiger partial charge in [-0.15, -0.1) is 24.8 Å². The van der Waals surface area contributed by atoms with Gasteiger partial charge in [-0.1, -0.05) is 35.9 Å². The second kappa shape index (κ2) is 11.1. The predicted molar refractivity (Wildman–Crippen MR) is 119 cm³/mol. The zero-order valence-electron chi connectivity index (χ0n) is 15.5. The fourth-order valence-corrected chi connectivity index (χ4v) is 3.05. The van der Waals surface area contributed by atoms with Gasteiger partial charge in [0.2, 0.25) is 0 Å². The zero-order valence-corrected chi connectivity index (χ0v) is 17.9. The lowest BCUT2D eigenvalue weighted by molar-refractivity contribution is 0.413. The summed E-state index contributed by atoms with van der Waals surface area (Å²) in [7, 11) is 1.53. The molecular weight excluding hydrogens is 422 g/mol. The summed E-state index contributed by atoms with van der Waals surface area (Å²) in [6.45, 7) is 2.82. The maximum absolute atomic E-state index is 15.3. The molecule has 0 unspecified atom stereocenters. The molecule has 150 valence electrons. The lowest BCUT2D eigenvalue weighted by atomic mass is 9.97. The van der Waals surface area contributed by atoms with E-state index in [9.17, 15) is 0 Å². The fourth-order valence-electron chi connectivity index (χ4n) is 2.86. The highest BCUT2D eigenvalue weighted by Crippen LogP contribution is 2.36. The number of ether oxygens (including phenoxy) is 1. The van der Waals surface area contributed by atoms with Crippen molar-refractivity contribution in [2.75, 3.05) is 19.0 Å². The summed E-state index contributed by atoms with van der Waals surface area (Å²) in [6.07, 6.45) is 2.21. The van der Waals surface area contributed by atoms with Crippen LogP contribution in [-0.4, -0.2) is 18.6 Å². The predicted octanol–water partition coefficient (Wildman–Crippen LogP) is 6.42. The van der Waals surface area contributed by atoms with Gasteiger partial charge in [0.25, 0.3) is 0 Å². The van der Waals surface area contributed by atoms with Gasteiger partial charge in [-0.2, -0.15) is 0 Å². The van der Waals surface area contributed by atoms with Gasteiger partial charge in [-0.25, -0.2) is 9.37 Å². The molecule has 3 rings (SSSR count). The highest BCUT2D eigenvalue weighted by molar-refractivity contribution is 6.30. The Morgan fingerprint density at radius 1 is 1.11 bits per heavy atom. The minimum absolute atomic E-state index is 0. The van der Waals surface area contributed by atoms with Crippen molar-refractivity contribution in [3.05, 3.63) is 76.7 Å². The van der Waals surface area contributed by atoms with E-state index in [0.29, 0.717) is 33.9 Å². The molecule has 0 aliphatic heterocycles. The van der Waals surface area contributed by atoms with Crippen molar-refractivity contribution in [3.63, 3.8) is 0 Å². The Morgan fingerprint density at radius 2 is 1.89 bits per heavy atom. The first-order chi connectivity index (χ1) is 12.6. The summed E-state index contributed by atoms with van der Waals surface area (Å²) in [5.74, 6) is 0.989. The molecule has 0 atom stereocenters. The number of pyridine rings is 1. The van der Waals surface area contributed by atoms with E-state index in [2.05, 4.69) is 10.3 Å². The molecule has 0 amide bonds. The lowest BCUT2D eigenvalue weighted by Crippen LogP contribution is -2.01. The Balaban J connectivity index is 0.00000196. The largest absolute Gasteiger partial charge is 0.496 e. The number of methoxy groups -OCH3 is 1. The fraction of sp³-hybridized carbons (Fsp3) is 0.190. The molecule has 28 heavy (non-hydrogen) atoms. The van der Waals surface area contributed by atoms with Crippen LogP contribution in [0.25, 0.3) is 11.1 Å². The molecule has 1 N–H and O–H groups in total. The molecular formula is C21H22Cl3FN2O. The minimum Gasteiger partial charge on any atom is -0.496 e. The molecule has 0 saturated heterocycles. The highest BCUT2D eigenvalue weighted by atomic mass is 35.5. The van der Waals surface area contributed by atoms with Crippen molar-refractivity contribution >= 4 is 42.2 Å². The van der Waals surface area contributed by atoms with Gasteiger partial charge >= 0.3 is 0 Å². The molecule has 0 bridgehead atoms. The van der Waals surface area contributed by atoms with Gasteiger partial charge in [-0.3, -0.25) is 0 Å². The van der Waals surface area contributed by atoms with Crippen LogP contribution in [0.15, 0.2) is 54.7 Å². The Bertz CT molecular complexity index is 905. The van der Waals surface area contributed by atoms with E-state index in [-0.39, 0.29) is 30.6 Å². The summed E-state index contributed by atoms with van der Waals surface area (Å²) >= 11 is 6.08. The van der Waals surface area contributed by atoms with E-state index < -0.39 is 0 Å². The quantitative estimate of drug-likeness (QED) is 0.477. The molecule has 0 aliphatic carbocycles. The second-order valence-electron chi connectivity index (χ2n) is 5.89. The molecule has 2 aromatic carbocycles. The van der Waals surface area contributed by atoms with E-state index in [1.54, 1.807) is 36.5 Å². The first-order valence-electron chi connectivity index (χ1n) is 8.42. The third-order valence-corrected chi connectivity index (χ3v) is 4.33. The Labute approximate surface area is 182 Å². The van der Waals surface area contributed by atoms with Crippen LogP contribution in [0.3, 0.4) is 0 Å². The van der Waals surface area contributed by atoms with E-state index in [1.807, 2.05) is 25.1 Å².